The number of hydrogen-bond donors (Lipinski definition) is 1. The molecule has 1 heterocycles. The number of non-ortho nitro benzene ring substituents is 1. The van der Waals surface area contributed by atoms with Gasteiger partial charge in [-0.3, -0.25) is 14.9 Å². The fourth-order valence-electron chi connectivity index (χ4n) is 2.89. The molecular weight excluding hydrogens is 380 g/mol. The molecule has 0 aliphatic heterocycles. The number of rotatable bonds is 5. The van der Waals surface area contributed by atoms with Gasteiger partial charge in [-0.1, -0.05) is 17.7 Å². The van der Waals surface area contributed by atoms with Crippen molar-refractivity contribution < 1.29 is 9.72 Å². The molecule has 7 nitrogen and oxygen atoms in total. The number of nitrogens with one attached hydrogen (secondary N) is 1. The molecule has 1 aromatic heterocycles. The van der Waals surface area contributed by atoms with Crippen LogP contribution in [0.4, 0.5) is 5.69 Å². The van der Waals surface area contributed by atoms with Crippen LogP contribution in [0.3, 0.4) is 0 Å². The average Bonchev–Trinajstić information content (AvgIpc) is 2.95. The number of aryl methyl sites for hydroxylation is 1. The van der Waals surface area contributed by atoms with E-state index in [1.54, 1.807) is 6.21 Å². The van der Waals surface area contributed by atoms with Crippen LogP contribution in [-0.4, -0.2) is 21.6 Å². The van der Waals surface area contributed by atoms with Crippen LogP contribution in [0.15, 0.2) is 59.7 Å². The maximum Gasteiger partial charge on any atom is 0.271 e. The fraction of sp³-hybridized carbons (Fsp3) is 0.100. The van der Waals surface area contributed by atoms with Crippen molar-refractivity contribution >= 4 is 29.4 Å². The van der Waals surface area contributed by atoms with Crippen LogP contribution in [-0.2, 0) is 0 Å². The van der Waals surface area contributed by atoms with Crippen LogP contribution in [0.1, 0.15) is 27.3 Å². The zero-order chi connectivity index (χ0) is 20.3. The third-order valence-electron chi connectivity index (χ3n) is 4.25. The summed E-state index contributed by atoms with van der Waals surface area (Å²) in [5, 5.41) is 15.3. The number of benzene rings is 2. The van der Waals surface area contributed by atoms with E-state index < -0.39 is 10.8 Å². The van der Waals surface area contributed by atoms with E-state index in [0.29, 0.717) is 5.02 Å². The minimum Gasteiger partial charge on any atom is -0.318 e. The standard InChI is InChI=1S/C20H17ClN4O3/c1-13-10-16(14(2)24(13)19-5-3-4-17(21)11-19)12-22-23-20(26)15-6-8-18(9-7-15)25(27)28/h3-12H,1-2H3,(H,23,26)/b22-12-. The lowest BCUT2D eigenvalue weighted by molar-refractivity contribution is -0.384. The largest absolute Gasteiger partial charge is 0.318 e. The van der Waals surface area contributed by atoms with Crippen molar-refractivity contribution in [1.29, 1.82) is 0 Å². The second-order valence-electron chi connectivity index (χ2n) is 6.14. The number of nitrogens with zero attached hydrogens (tertiary/aromatic N) is 3. The lowest BCUT2D eigenvalue weighted by Gasteiger charge is -2.09. The molecule has 0 aliphatic carbocycles. The van der Waals surface area contributed by atoms with Crippen molar-refractivity contribution in [2.24, 2.45) is 5.10 Å². The van der Waals surface area contributed by atoms with Crippen molar-refractivity contribution in [2.75, 3.05) is 0 Å². The number of nitro benzene ring substituents is 1. The highest BCUT2D eigenvalue weighted by Crippen LogP contribution is 2.22. The normalized spacial score (nSPS) is 11.0. The molecule has 8 heteroatoms. The Labute approximate surface area is 166 Å². The Bertz CT molecular complexity index is 1070. The molecule has 0 saturated heterocycles. The molecule has 0 spiro atoms. The number of halogens is 1. The molecular formula is C20H17ClN4O3. The summed E-state index contributed by atoms with van der Waals surface area (Å²) in [4.78, 5) is 22.3. The number of carbonyl (C=O) groups excluding carboxylic acids is 1. The Hall–Kier alpha value is -3.45. The van der Waals surface area contributed by atoms with E-state index in [1.165, 1.54) is 24.3 Å². The fourth-order valence-corrected chi connectivity index (χ4v) is 3.07. The summed E-state index contributed by atoms with van der Waals surface area (Å²) < 4.78 is 2.05. The SMILES string of the molecule is Cc1cc(/C=N\NC(=O)c2ccc([N+](=O)[O-])cc2)c(C)n1-c1cccc(Cl)c1. The third kappa shape index (κ3) is 4.10. The number of hydrazone groups is 1. The molecule has 0 saturated carbocycles. The number of hydrogen-bond acceptors (Lipinski definition) is 4. The number of aromatic nitrogens is 1. The van der Waals surface area contributed by atoms with Gasteiger partial charge in [0.1, 0.15) is 0 Å². The summed E-state index contributed by atoms with van der Waals surface area (Å²) >= 11 is 6.09. The summed E-state index contributed by atoms with van der Waals surface area (Å²) in [5.74, 6) is -0.449. The first-order valence-electron chi connectivity index (χ1n) is 8.39. The van der Waals surface area contributed by atoms with Crippen LogP contribution < -0.4 is 5.43 Å². The Kier molecular flexibility index (Phi) is 5.56. The van der Waals surface area contributed by atoms with Crippen molar-refractivity contribution in [3.05, 3.63) is 92.2 Å². The first-order valence-corrected chi connectivity index (χ1v) is 8.77. The molecule has 1 N–H and O–H groups in total. The predicted molar refractivity (Wildman–Crippen MR) is 108 cm³/mol. The van der Waals surface area contributed by atoms with Gasteiger partial charge in [-0.15, -0.1) is 0 Å². The minimum atomic E-state index is -0.518. The maximum absolute atomic E-state index is 12.1. The highest BCUT2D eigenvalue weighted by molar-refractivity contribution is 6.30. The van der Waals surface area contributed by atoms with Crippen molar-refractivity contribution in [3.63, 3.8) is 0 Å². The van der Waals surface area contributed by atoms with Gasteiger partial charge < -0.3 is 4.57 Å². The number of carbonyl (C=O) groups is 1. The van der Waals surface area contributed by atoms with Crippen molar-refractivity contribution in [3.8, 4) is 5.69 Å². The van der Waals surface area contributed by atoms with E-state index >= 15 is 0 Å². The van der Waals surface area contributed by atoms with Gasteiger partial charge in [0.25, 0.3) is 11.6 Å². The molecule has 142 valence electrons. The van der Waals surface area contributed by atoms with Gasteiger partial charge >= 0.3 is 0 Å². The lowest BCUT2D eigenvalue weighted by Crippen LogP contribution is -2.17. The van der Waals surface area contributed by atoms with E-state index in [0.717, 1.165) is 22.6 Å². The monoisotopic (exact) mass is 396 g/mol. The average molecular weight is 397 g/mol. The first-order chi connectivity index (χ1) is 13.4. The van der Waals surface area contributed by atoms with Crippen LogP contribution >= 0.6 is 11.6 Å². The van der Waals surface area contributed by atoms with Gasteiger partial charge in [-0.2, -0.15) is 5.10 Å². The highest BCUT2D eigenvalue weighted by Gasteiger charge is 2.11. The Morgan fingerprint density at radius 1 is 1.18 bits per heavy atom. The van der Waals surface area contributed by atoms with E-state index in [2.05, 4.69) is 10.5 Å². The summed E-state index contributed by atoms with van der Waals surface area (Å²) in [6.45, 7) is 3.92. The second-order valence-corrected chi connectivity index (χ2v) is 6.58. The second kappa shape index (κ2) is 8.06. The van der Waals surface area contributed by atoms with E-state index in [1.807, 2.05) is 48.7 Å². The molecule has 1 amide bonds. The molecule has 0 aliphatic rings. The summed E-state index contributed by atoms with van der Waals surface area (Å²) in [6.07, 6.45) is 1.56. The Morgan fingerprint density at radius 2 is 1.89 bits per heavy atom. The van der Waals surface area contributed by atoms with Crippen molar-refractivity contribution in [1.82, 2.24) is 9.99 Å². The van der Waals surface area contributed by atoms with E-state index in [4.69, 9.17) is 11.6 Å². The van der Waals surface area contributed by atoms with Gasteiger partial charge in [0.05, 0.1) is 11.1 Å². The summed E-state index contributed by atoms with van der Waals surface area (Å²) in [6, 6.07) is 14.8. The third-order valence-corrected chi connectivity index (χ3v) is 4.48. The van der Waals surface area contributed by atoms with Crippen molar-refractivity contribution in [2.45, 2.75) is 13.8 Å². The molecule has 2 aromatic carbocycles. The zero-order valence-corrected chi connectivity index (χ0v) is 16.0. The first kappa shape index (κ1) is 19.3. The molecule has 3 aromatic rings. The lowest BCUT2D eigenvalue weighted by atomic mass is 10.2. The van der Waals surface area contributed by atoms with Gasteiger partial charge in [0.2, 0.25) is 0 Å². The molecule has 3 rings (SSSR count). The Morgan fingerprint density at radius 3 is 2.54 bits per heavy atom. The summed E-state index contributed by atoms with van der Waals surface area (Å²) in [5.41, 5.74) is 6.39. The molecule has 28 heavy (non-hydrogen) atoms. The smallest absolute Gasteiger partial charge is 0.271 e. The van der Waals surface area contributed by atoms with Gasteiger partial charge in [0, 0.05) is 45.4 Å². The van der Waals surface area contributed by atoms with E-state index in [-0.39, 0.29) is 11.3 Å². The quantitative estimate of drug-likeness (QED) is 0.393. The maximum atomic E-state index is 12.1. The zero-order valence-electron chi connectivity index (χ0n) is 15.2. The predicted octanol–water partition coefficient (Wildman–Crippen LogP) is 4.42. The molecule has 0 fully saturated rings. The minimum absolute atomic E-state index is 0.0755. The van der Waals surface area contributed by atoms with E-state index in [9.17, 15) is 14.9 Å². The van der Waals surface area contributed by atoms with Gasteiger partial charge in [0.15, 0.2) is 0 Å². The summed E-state index contributed by atoms with van der Waals surface area (Å²) in [7, 11) is 0. The number of nitro groups is 1. The molecule has 0 unspecified atom stereocenters. The highest BCUT2D eigenvalue weighted by atomic mass is 35.5. The van der Waals surface area contributed by atoms with Gasteiger partial charge in [-0.25, -0.2) is 5.43 Å². The van der Waals surface area contributed by atoms with Crippen LogP contribution in [0, 0.1) is 24.0 Å². The van der Waals surface area contributed by atoms with Crippen LogP contribution in [0.2, 0.25) is 5.02 Å². The van der Waals surface area contributed by atoms with Crippen LogP contribution in [0.5, 0.6) is 0 Å². The van der Waals surface area contributed by atoms with Gasteiger partial charge in [-0.05, 0) is 50.2 Å². The molecule has 0 atom stereocenters. The molecule has 0 radical (unpaired) electrons. The topological polar surface area (TPSA) is 89.5 Å². The van der Waals surface area contributed by atoms with Crippen LogP contribution in [0.25, 0.3) is 5.69 Å². The number of amides is 1. The Balaban J connectivity index is 1.75. The molecule has 0 bridgehead atoms.